The Morgan fingerprint density at radius 3 is 2.80 bits per heavy atom. The molecule has 20 heavy (non-hydrogen) atoms. The van der Waals surface area contributed by atoms with E-state index in [9.17, 15) is 9.90 Å². The Kier molecular flexibility index (Phi) is 4.18. The summed E-state index contributed by atoms with van der Waals surface area (Å²) in [6.45, 7) is 7.78. The highest BCUT2D eigenvalue weighted by atomic mass is 16.3. The molecule has 1 aromatic rings. The van der Waals surface area contributed by atoms with Crippen LogP contribution in [-0.2, 0) is 12.5 Å². The van der Waals surface area contributed by atoms with Gasteiger partial charge in [0.1, 0.15) is 0 Å². The molecule has 1 unspecified atom stereocenters. The van der Waals surface area contributed by atoms with Gasteiger partial charge >= 0.3 is 0 Å². The van der Waals surface area contributed by atoms with Crippen LogP contribution in [0, 0.1) is 5.92 Å². The molecule has 1 aromatic heterocycles. The van der Waals surface area contributed by atoms with Crippen molar-refractivity contribution in [1.82, 2.24) is 14.7 Å². The van der Waals surface area contributed by atoms with Crippen LogP contribution in [0.5, 0.6) is 0 Å². The Morgan fingerprint density at radius 1 is 1.50 bits per heavy atom. The molecule has 5 heteroatoms. The minimum atomic E-state index is -0.154. The largest absolute Gasteiger partial charge is 0.396 e. The zero-order valence-electron chi connectivity index (χ0n) is 12.9. The van der Waals surface area contributed by atoms with Gasteiger partial charge in [-0.1, -0.05) is 20.8 Å². The lowest BCUT2D eigenvalue weighted by molar-refractivity contribution is 0.0618. The lowest BCUT2D eigenvalue weighted by Gasteiger charge is -2.32. The second-order valence-electron chi connectivity index (χ2n) is 6.76. The van der Waals surface area contributed by atoms with Crippen LogP contribution in [0.2, 0.25) is 0 Å². The summed E-state index contributed by atoms with van der Waals surface area (Å²) in [6.07, 6.45) is 3.77. The molecule has 0 radical (unpaired) electrons. The molecular weight excluding hydrogens is 254 g/mol. The first kappa shape index (κ1) is 15.0. The van der Waals surface area contributed by atoms with Crippen molar-refractivity contribution in [2.75, 3.05) is 19.7 Å². The maximum atomic E-state index is 12.7. The predicted molar refractivity (Wildman–Crippen MR) is 77.6 cm³/mol. The van der Waals surface area contributed by atoms with Gasteiger partial charge in [0, 0.05) is 38.4 Å². The van der Waals surface area contributed by atoms with Crippen LogP contribution in [-0.4, -0.2) is 45.4 Å². The maximum absolute atomic E-state index is 12.7. The number of piperidine rings is 1. The van der Waals surface area contributed by atoms with Crippen LogP contribution in [0.3, 0.4) is 0 Å². The first-order valence-electron chi connectivity index (χ1n) is 7.27. The van der Waals surface area contributed by atoms with Gasteiger partial charge in [0.05, 0.1) is 11.3 Å². The van der Waals surface area contributed by atoms with Gasteiger partial charge in [-0.3, -0.25) is 9.48 Å². The van der Waals surface area contributed by atoms with E-state index < -0.39 is 0 Å². The summed E-state index contributed by atoms with van der Waals surface area (Å²) in [7, 11) is 1.85. The Morgan fingerprint density at radius 2 is 2.20 bits per heavy atom. The van der Waals surface area contributed by atoms with Crippen molar-refractivity contribution < 1.29 is 9.90 Å². The molecule has 2 heterocycles. The number of aliphatic hydroxyl groups excluding tert-OH is 1. The average molecular weight is 279 g/mol. The number of rotatable bonds is 2. The van der Waals surface area contributed by atoms with Gasteiger partial charge in [-0.05, 0) is 18.8 Å². The summed E-state index contributed by atoms with van der Waals surface area (Å²) < 4.78 is 1.71. The number of aryl methyl sites for hydroxylation is 1. The molecule has 0 spiro atoms. The van der Waals surface area contributed by atoms with Gasteiger partial charge in [0.15, 0.2) is 0 Å². The number of amides is 1. The Bertz CT molecular complexity index is 488. The van der Waals surface area contributed by atoms with Crippen molar-refractivity contribution in [2.45, 2.75) is 39.0 Å². The second kappa shape index (κ2) is 5.56. The van der Waals surface area contributed by atoms with Crippen LogP contribution in [0.1, 0.15) is 49.7 Å². The zero-order chi connectivity index (χ0) is 14.9. The van der Waals surface area contributed by atoms with Gasteiger partial charge in [0.25, 0.3) is 5.91 Å². The molecule has 2 rings (SSSR count). The fourth-order valence-electron chi connectivity index (χ4n) is 2.77. The van der Waals surface area contributed by atoms with E-state index in [0.29, 0.717) is 12.1 Å². The zero-order valence-corrected chi connectivity index (χ0v) is 12.9. The summed E-state index contributed by atoms with van der Waals surface area (Å²) in [5.74, 6) is 0.253. The first-order valence-corrected chi connectivity index (χ1v) is 7.27. The van der Waals surface area contributed by atoms with Crippen LogP contribution >= 0.6 is 0 Å². The number of likely N-dealkylation sites (tertiary alicyclic amines) is 1. The third kappa shape index (κ3) is 3.03. The molecule has 1 saturated heterocycles. The number of aromatic nitrogens is 2. The van der Waals surface area contributed by atoms with E-state index in [-0.39, 0.29) is 23.8 Å². The van der Waals surface area contributed by atoms with E-state index in [2.05, 4.69) is 25.9 Å². The number of hydrogen-bond acceptors (Lipinski definition) is 3. The van der Waals surface area contributed by atoms with Gasteiger partial charge < -0.3 is 10.0 Å². The number of hydrogen-bond donors (Lipinski definition) is 1. The van der Waals surface area contributed by atoms with E-state index >= 15 is 0 Å². The van der Waals surface area contributed by atoms with Crippen molar-refractivity contribution in [3.05, 3.63) is 17.5 Å². The smallest absolute Gasteiger partial charge is 0.257 e. The van der Waals surface area contributed by atoms with Gasteiger partial charge in [-0.2, -0.15) is 5.10 Å². The molecule has 1 aliphatic heterocycles. The lowest BCUT2D eigenvalue weighted by atomic mass is 9.89. The SMILES string of the molecule is Cn1cc(C(=O)N2CCCC(CO)C2)c(C(C)(C)C)n1. The molecule has 1 atom stereocenters. The molecule has 0 bridgehead atoms. The normalized spacial score (nSPS) is 20.2. The fourth-order valence-corrected chi connectivity index (χ4v) is 2.77. The molecule has 1 fully saturated rings. The molecule has 0 saturated carbocycles. The quantitative estimate of drug-likeness (QED) is 0.894. The predicted octanol–water partition coefficient (Wildman–Crippen LogP) is 1.56. The average Bonchev–Trinajstić information content (AvgIpc) is 2.80. The standard InChI is InChI=1S/C15H25N3O2/c1-15(2,3)13-12(9-17(4)16-13)14(20)18-7-5-6-11(8-18)10-19/h9,11,19H,5-8,10H2,1-4H3. The Labute approximate surface area is 120 Å². The monoisotopic (exact) mass is 279 g/mol. The Hall–Kier alpha value is -1.36. The molecule has 1 aliphatic rings. The lowest BCUT2D eigenvalue weighted by Crippen LogP contribution is -2.41. The molecule has 0 aromatic carbocycles. The van der Waals surface area contributed by atoms with Crippen LogP contribution in [0.25, 0.3) is 0 Å². The van der Waals surface area contributed by atoms with E-state index in [1.807, 2.05) is 18.1 Å². The van der Waals surface area contributed by atoms with E-state index in [1.165, 1.54) is 0 Å². The minimum absolute atomic E-state index is 0.0428. The molecular formula is C15H25N3O2. The molecule has 0 aliphatic carbocycles. The topological polar surface area (TPSA) is 58.4 Å². The Balaban J connectivity index is 2.25. The highest BCUT2D eigenvalue weighted by Crippen LogP contribution is 2.26. The highest BCUT2D eigenvalue weighted by molar-refractivity contribution is 5.95. The first-order chi connectivity index (χ1) is 9.32. The van der Waals surface area contributed by atoms with E-state index in [4.69, 9.17) is 0 Å². The molecule has 1 amide bonds. The van der Waals surface area contributed by atoms with Crippen LogP contribution in [0.4, 0.5) is 0 Å². The van der Waals surface area contributed by atoms with Crippen LogP contribution in [0.15, 0.2) is 6.20 Å². The summed E-state index contributed by atoms with van der Waals surface area (Å²) in [5, 5.41) is 13.8. The van der Waals surface area contributed by atoms with Crippen molar-refractivity contribution in [1.29, 1.82) is 0 Å². The minimum Gasteiger partial charge on any atom is -0.396 e. The van der Waals surface area contributed by atoms with Gasteiger partial charge in [-0.15, -0.1) is 0 Å². The summed E-state index contributed by atoms with van der Waals surface area (Å²) >= 11 is 0. The number of carbonyl (C=O) groups excluding carboxylic acids is 1. The molecule has 112 valence electrons. The maximum Gasteiger partial charge on any atom is 0.257 e. The van der Waals surface area contributed by atoms with Crippen molar-refractivity contribution >= 4 is 5.91 Å². The third-order valence-corrected chi connectivity index (χ3v) is 3.83. The molecule has 5 nitrogen and oxygen atoms in total. The van der Waals surface area contributed by atoms with E-state index in [0.717, 1.165) is 25.1 Å². The summed E-state index contributed by atoms with van der Waals surface area (Å²) in [5.41, 5.74) is 1.38. The van der Waals surface area contributed by atoms with Gasteiger partial charge in [-0.25, -0.2) is 0 Å². The van der Waals surface area contributed by atoms with Crippen LogP contribution < -0.4 is 0 Å². The number of aliphatic hydroxyl groups is 1. The van der Waals surface area contributed by atoms with Crippen molar-refractivity contribution in [2.24, 2.45) is 13.0 Å². The summed E-state index contributed by atoms with van der Waals surface area (Å²) in [6, 6.07) is 0. The van der Waals surface area contributed by atoms with E-state index in [1.54, 1.807) is 4.68 Å². The van der Waals surface area contributed by atoms with Crippen molar-refractivity contribution in [3.8, 4) is 0 Å². The van der Waals surface area contributed by atoms with Crippen molar-refractivity contribution in [3.63, 3.8) is 0 Å². The second-order valence-corrected chi connectivity index (χ2v) is 6.76. The summed E-state index contributed by atoms with van der Waals surface area (Å²) in [4.78, 5) is 14.6. The molecule has 1 N–H and O–H groups in total. The number of nitrogens with zero attached hydrogens (tertiary/aromatic N) is 3. The highest BCUT2D eigenvalue weighted by Gasteiger charge is 2.30. The van der Waals surface area contributed by atoms with Gasteiger partial charge in [0.2, 0.25) is 0 Å². The number of carbonyl (C=O) groups is 1. The fraction of sp³-hybridized carbons (Fsp3) is 0.733. The third-order valence-electron chi connectivity index (χ3n) is 3.83.